The number of hydrogen-bond donors (Lipinski definition) is 2. The second kappa shape index (κ2) is 9.51. The van der Waals surface area contributed by atoms with E-state index < -0.39 is 21.5 Å². The van der Waals surface area contributed by atoms with Crippen LogP contribution in [0.4, 0.5) is 11.4 Å². The number of amides is 1. The smallest absolute Gasteiger partial charge is 0.296 e. The van der Waals surface area contributed by atoms with E-state index in [-0.39, 0.29) is 16.1 Å². The fourth-order valence-electron chi connectivity index (χ4n) is 3.61. The molecule has 0 spiro atoms. The zero-order valence-corrected chi connectivity index (χ0v) is 20.2. The zero-order valence-electron chi connectivity index (χ0n) is 19.3. The van der Waals surface area contributed by atoms with Crippen molar-refractivity contribution in [2.45, 2.75) is 11.8 Å². The van der Waals surface area contributed by atoms with Gasteiger partial charge in [0.05, 0.1) is 29.1 Å². The van der Waals surface area contributed by atoms with Gasteiger partial charge < -0.3 is 10.1 Å². The molecule has 35 heavy (non-hydrogen) atoms. The third-order valence-electron chi connectivity index (χ3n) is 5.57. The van der Waals surface area contributed by atoms with Crippen LogP contribution in [-0.2, 0) is 17.1 Å². The summed E-state index contributed by atoms with van der Waals surface area (Å²) in [6, 6.07) is 21.3. The molecule has 3 aromatic carbocycles. The predicted molar refractivity (Wildman–Crippen MR) is 134 cm³/mol. The fraction of sp³-hybridized carbons (Fsp3) is 0.120. The van der Waals surface area contributed by atoms with Crippen LogP contribution in [0.1, 0.15) is 16.1 Å². The quantitative estimate of drug-likeness (QED) is 0.410. The molecular formula is C25H24N4O5S. The Kier molecular flexibility index (Phi) is 6.48. The summed E-state index contributed by atoms with van der Waals surface area (Å²) in [4.78, 5) is 25.6. The van der Waals surface area contributed by atoms with Crippen molar-refractivity contribution in [2.75, 3.05) is 17.1 Å². The highest BCUT2D eigenvalue weighted by molar-refractivity contribution is 7.92. The van der Waals surface area contributed by atoms with Crippen molar-refractivity contribution in [1.82, 2.24) is 9.36 Å². The Morgan fingerprint density at radius 2 is 1.54 bits per heavy atom. The molecule has 1 heterocycles. The first-order valence-corrected chi connectivity index (χ1v) is 12.1. The molecule has 0 fully saturated rings. The van der Waals surface area contributed by atoms with Gasteiger partial charge in [-0.3, -0.25) is 19.0 Å². The minimum absolute atomic E-state index is 0.0469. The molecule has 0 aliphatic carbocycles. The van der Waals surface area contributed by atoms with Crippen LogP contribution in [0.5, 0.6) is 5.75 Å². The highest BCUT2D eigenvalue weighted by atomic mass is 32.2. The number of hydrogen-bond acceptors (Lipinski definition) is 5. The summed E-state index contributed by atoms with van der Waals surface area (Å²) in [6.07, 6.45) is 0. The number of nitrogens with one attached hydrogen (secondary N) is 2. The highest BCUT2D eigenvalue weighted by Crippen LogP contribution is 2.24. The number of para-hydroxylation sites is 3. The molecular weight excluding hydrogens is 468 g/mol. The van der Waals surface area contributed by atoms with Crippen LogP contribution in [-0.4, -0.2) is 30.8 Å². The molecule has 0 bridgehead atoms. The van der Waals surface area contributed by atoms with Gasteiger partial charge in [-0.2, -0.15) is 0 Å². The topological polar surface area (TPSA) is 111 Å². The van der Waals surface area contributed by atoms with Crippen LogP contribution < -0.4 is 20.3 Å². The monoisotopic (exact) mass is 492 g/mol. The number of methoxy groups -OCH3 is 1. The maximum absolute atomic E-state index is 13.0. The highest BCUT2D eigenvalue weighted by Gasteiger charge is 2.23. The van der Waals surface area contributed by atoms with Crippen LogP contribution >= 0.6 is 0 Å². The lowest BCUT2D eigenvalue weighted by Crippen LogP contribution is -2.23. The third kappa shape index (κ3) is 4.69. The maximum atomic E-state index is 13.0. The minimum atomic E-state index is -4.08. The van der Waals surface area contributed by atoms with Gasteiger partial charge in [-0.15, -0.1) is 0 Å². The van der Waals surface area contributed by atoms with Crippen molar-refractivity contribution in [2.24, 2.45) is 7.05 Å². The summed E-state index contributed by atoms with van der Waals surface area (Å²) in [7, 11) is -0.906. The summed E-state index contributed by atoms with van der Waals surface area (Å²) in [5, 5.41) is 2.74. The van der Waals surface area contributed by atoms with E-state index in [0.29, 0.717) is 22.8 Å². The fourth-order valence-corrected chi connectivity index (χ4v) is 4.72. The lowest BCUT2D eigenvalue weighted by Gasteiger charge is -2.10. The van der Waals surface area contributed by atoms with Crippen molar-refractivity contribution >= 4 is 27.3 Å². The Hall–Kier alpha value is -4.31. The van der Waals surface area contributed by atoms with E-state index in [4.69, 9.17) is 4.74 Å². The van der Waals surface area contributed by atoms with Crippen molar-refractivity contribution in [3.8, 4) is 11.4 Å². The summed E-state index contributed by atoms with van der Waals surface area (Å²) in [6.45, 7) is 1.66. The molecule has 0 unspecified atom stereocenters. The standard InChI is InChI=1S/C25H24N4O5S/c1-17-23(25(31)29(28(17)2)19-9-5-4-6-10-19)27-35(32,33)20-15-13-18(14-16-20)24(30)26-21-11-7-8-12-22(21)34-3/h4-16,27H,1-3H3,(H,26,30). The van der Waals surface area contributed by atoms with Gasteiger partial charge in [0, 0.05) is 12.6 Å². The van der Waals surface area contributed by atoms with E-state index in [9.17, 15) is 18.0 Å². The summed E-state index contributed by atoms with van der Waals surface area (Å²) >= 11 is 0. The van der Waals surface area contributed by atoms with Gasteiger partial charge >= 0.3 is 0 Å². The lowest BCUT2D eigenvalue weighted by atomic mass is 10.2. The second-order valence-corrected chi connectivity index (χ2v) is 9.40. The molecule has 0 radical (unpaired) electrons. The van der Waals surface area contributed by atoms with Crippen LogP contribution in [0.3, 0.4) is 0 Å². The van der Waals surface area contributed by atoms with Gasteiger partial charge in [0.25, 0.3) is 21.5 Å². The largest absolute Gasteiger partial charge is 0.495 e. The Morgan fingerprint density at radius 3 is 2.20 bits per heavy atom. The molecule has 1 amide bonds. The molecule has 9 nitrogen and oxygen atoms in total. The van der Waals surface area contributed by atoms with Crippen LogP contribution in [0, 0.1) is 6.92 Å². The minimum Gasteiger partial charge on any atom is -0.495 e. The van der Waals surface area contributed by atoms with Gasteiger partial charge in [-0.25, -0.2) is 13.1 Å². The van der Waals surface area contributed by atoms with Gasteiger partial charge in [0.1, 0.15) is 11.4 Å². The first-order valence-electron chi connectivity index (χ1n) is 10.6. The first-order chi connectivity index (χ1) is 16.7. The molecule has 10 heteroatoms. The van der Waals surface area contributed by atoms with Crippen molar-refractivity contribution in [3.63, 3.8) is 0 Å². The Labute approximate surface area is 202 Å². The Bertz CT molecular complexity index is 1540. The van der Waals surface area contributed by atoms with Crippen LogP contribution in [0.2, 0.25) is 0 Å². The number of rotatable bonds is 7. The number of ether oxygens (including phenoxy) is 1. The van der Waals surface area contributed by atoms with Gasteiger partial charge in [-0.05, 0) is 55.5 Å². The lowest BCUT2D eigenvalue weighted by molar-refractivity contribution is 0.102. The molecule has 1 aromatic heterocycles. The second-order valence-electron chi connectivity index (χ2n) is 7.72. The number of benzene rings is 3. The Balaban J connectivity index is 1.58. The van der Waals surface area contributed by atoms with Crippen LogP contribution in [0.15, 0.2) is 88.6 Å². The molecule has 0 atom stereocenters. The molecule has 0 aliphatic rings. The van der Waals surface area contributed by atoms with Gasteiger partial charge in [0.15, 0.2) is 0 Å². The number of anilines is 2. The van der Waals surface area contributed by atoms with E-state index in [1.54, 1.807) is 67.2 Å². The number of aromatic nitrogens is 2. The average Bonchev–Trinajstić information content (AvgIpc) is 3.07. The number of sulfonamides is 1. The number of nitrogens with zero attached hydrogens (tertiary/aromatic N) is 2. The van der Waals surface area contributed by atoms with Crippen molar-refractivity contribution < 1.29 is 17.9 Å². The SMILES string of the molecule is COc1ccccc1NC(=O)c1ccc(S(=O)(=O)Nc2c(C)n(C)n(-c3ccccc3)c2=O)cc1. The summed E-state index contributed by atoms with van der Waals surface area (Å²) in [5.41, 5.74) is 1.28. The average molecular weight is 493 g/mol. The molecule has 4 aromatic rings. The molecule has 2 N–H and O–H groups in total. The maximum Gasteiger partial charge on any atom is 0.296 e. The molecule has 0 saturated carbocycles. The number of carbonyl (C=O) groups excluding carboxylic acids is 1. The van der Waals surface area contributed by atoms with Crippen molar-refractivity contribution in [1.29, 1.82) is 0 Å². The van der Waals surface area contributed by atoms with Gasteiger partial charge in [0.2, 0.25) is 0 Å². The summed E-state index contributed by atoms with van der Waals surface area (Å²) < 4.78 is 36.7. The molecule has 0 saturated heterocycles. The Morgan fingerprint density at radius 1 is 0.914 bits per heavy atom. The molecule has 0 aliphatic heterocycles. The molecule has 4 rings (SSSR count). The zero-order chi connectivity index (χ0) is 25.2. The normalized spacial score (nSPS) is 11.2. The summed E-state index contributed by atoms with van der Waals surface area (Å²) in [5.74, 6) is 0.0831. The van der Waals surface area contributed by atoms with E-state index in [2.05, 4.69) is 10.0 Å². The third-order valence-corrected chi connectivity index (χ3v) is 6.94. The van der Waals surface area contributed by atoms with Crippen molar-refractivity contribution in [3.05, 3.63) is 100 Å². The van der Waals surface area contributed by atoms with E-state index in [1.165, 1.54) is 36.1 Å². The first kappa shape index (κ1) is 23.8. The van der Waals surface area contributed by atoms with Crippen LogP contribution in [0.25, 0.3) is 5.69 Å². The van der Waals surface area contributed by atoms with E-state index in [0.717, 1.165) is 0 Å². The molecule has 180 valence electrons. The van der Waals surface area contributed by atoms with E-state index in [1.807, 2.05) is 6.07 Å². The van der Waals surface area contributed by atoms with Gasteiger partial charge in [-0.1, -0.05) is 30.3 Å². The number of carbonyl (C=O) groups is 1. The predicted octanol–water partition coefficient (Wildman–Crippen LogP) is 3.55. The van der Waals surface area contributed by atoms with E-state index >= 15 is 0 Å².